The number of aryl methyl sites for hydroxylation is 2. The summed E-state index contributed by atoms with van der Waals surface area (Å²) in [6, 6.07) is 5.95. The first-order chi connectivity index (χ1) is 13.3. The Kier molecular flexibility index (Phi) is 6.72. The van der Waals surface area contributed by atoms with Gasteiger partial charge in [0, 0.05) is 31.9 Å². The predicted molar refractivity (Wildman–Crippen MR) is 111 cm³/mol. The fourth-order valence-electron chi connectivity index (χ4n) is 3.22. The van der Waals surface area contributed by atoms with Crippen molar-refractivity contribution in [1.29, 1.82) is 0 Å². The van der Waals surface area contributed by atoms with Gasteiger partial charge < -0.3 is 5.32 Å². The summed E-state index contributed by atoms with van der Waals surface area (Å²) in [6.45, 7) is 7.58. The number of anilines is 1. The Morgan fingerprint density at radius 3 is 2.36 bits per heavy atom. The van der Waals surface area contributed by atoms with Gasteiger partial charge in [0.15, 0.2) is 0 Å². The number of rotatable bonds is 5. The van der Waals surface area contributed by atoms with Crippen molar-refractivity contribution in [1.82, 2.24) is 19.6 Å². The summed E-state index contributed by atoms with van der Waals surface area (Å²) in [5.74, 6) is -0.0202. The summed E-state index contributed by atoms with van der Waals surface area (Å²) in [7, 11) is 0. The number of piperazine rings is 1. The molecule has 1 saturated heterocycles. The second-order valence-electron chi connectivity index (χ2n) is 6.96. The molecule has 3 rings (SSSR count). The molecule has 1 aromatic heterocycles. The summed E-state index contributed by atoms with van der Waals surface area (Å²) in [5.41, 5.74) is 2.59. The van der Waals surface area contributed by atoms with E-state index in [1.54, 1.807) is 0 Å². The fraction of sp³-hybridized carbons (Fsp3) is 0.421. The van der Waals surface area contributed by atoms with Crippen molar-refractivity contribution in [3.8, 4) is 0 Å². The third kappa shape index (κ3) is 4.91. The lowest BCUT2D eigenvalue weighted by molar-refractivity contribution is -0.117. The van der Waals surface area contributed by atoms with E-state index in [2.05, 4.69) is 20.2 Å². The second kappa shape index (κ2) is 9.05. The van der Waals surface area contributed by atoms with Gasteiger partial charge in [0.2, 0.25) is 5.91 Å². The average molecular weight is 424 g/mol. The van der Waals surface area contributed by atoms with Gasteiger partial charge in [-0.2, -0.15) is 5.10 Å². The lowest BCUT2D eigenvalue weighted by Crippen LogP contribution is -2.49. The molecule has 2 heterocycles. The van der Waals surface area contributed by atoms with Gasteiger partial charge >= 0.3 is 0 Å². The molecule has 0 bridgehead atoms. The van der Waals surface area contributed by atoms with E-state index in [4.69, 9.17) is 23.2 Å². The summed E-state index contributed by atoms with van der Waals surface area (Å²) < 4.78 is 1.30. The van der Waals surface area contributed by atoms with Gasteiger partial charge in [-0.1, -0.05) is 41.4 Å². The monoisotopic (exact) mass is 423 g/mol. The minimum Gasteiger partial charge on any atom is -0.324 e. The Hall–Kier alpha value is -1.93. The number of hydrogen-bond acceptors (Lipinski definition) is 5. The highest BCUT2D eigenvalue weighted by Crippen LogP contribution is 2.19. The lowest BCUT2D eigenvalue weighted by atomic mass is 10.1. The van der Waals surface area contributed by atoms with Crippen molar-refractivity contribution in [2.75, 3.05) is 38.0 Å². The van der Waals surface area contributed by atoms with Crippen LogP contribution in [-0.2, 0) is 11.5 Å². The van der Waals surface area contributed by atoms with Crippen LogP contribution in [0.4, 0.5) is 5.69 Å². The number of hydrogen-bond donors (Lipinski definition) is 1. The van der Waals surface area contributed by atoms with Crippen LogP contribution in [0.25, 0.3) is 0 Å². The zero-order valence-electron chi connectivity index (χ0n) is 15.9. The van der Waals surface area contributed by atoms with Crippen LogP contribution in [0.2, 0.25) is 10.0 Å². The van der Waals surface area contributed by atoms with E-state index in [-0.39, 0.29) is 16.0 Å². The zero-order chi connectivity index (χ0) is 20.3. The Morgan fingerprint density at radius 1 is 1.11 bits per heavy atom. The molecule has 1 aromatic carbocycles. The molecule has 150 valence electrons. The molecular weight excluding hydrogens is 401 g/mol. The quantitative estimate of drug-likeness (QED) is 0.798. The molecule has 0 saturated carbocycles. The summed E-state index contributed by atoms with van der Waals surface area (Å²) >= 11 is 11.7. The van der Waals surface area contributed by atoms with E-state index >= 15 is 0 Å². The van der Waals surface area contributed by atoms with Crippen molar-refractivity contribution in [3.63, 3.8) is 0 Å². The highest BCUT2D eigenvalue weighted by molar-refractivity contribution is 6.41. The maximum Gasteiger partial charge on any atom is 0.288 e. The minimum atomic E-state index is -0.399. The first kappa shape index (κ1) is 20.8. The zero-order valence-corrected chi connectivity index (χ0v) is 17.4. The van der Waals surface area contributed by atoms with Gasteiger partial charge in [-0.25, -0.2) is 4.68 Å². The molecular formula is C19H23Cl2N5O2. The number of carbonyl (C=O) groups excluding carboxylic acids is 1. The lowest BCUT2D eigenvalue weighted by Gasteiger charge is -2.34. The summed E-state index contributed by atoms with van der Waals surface area (Å²) in [4.78, 5) is 28.7. The summed E-state index contributed by atoms with van der Waals surface area (Å²) in [6.07, 6.45) is 1.37. The number of nitrogens with one attached hydrogen (secondary N) is 1. The number of amides is 1. The molecule has 1 aliphatic heterocycles. The first-order valence-corrected chi connectivity index (χ1v) is 9.82. The highest BCUT2D eigenvalue weighted by Gasteiger charge is 2.20. The van der Waals surface area contributed by atoms with Crippen LogP contribution in [0, 0.1) is 13.8 Å². The van der Waals surface area contributed by atoms with Gasteiger partial charge in [0.25, 0.3) is 5.56 Å². The van der Waals surface area contributed by atoms with E-state index in [0.29, 0.717) is 13.2 Å². The van der Waals surface area contributed by atoms with E-state index in [1.807, 2.05) is 32.0 Å². The molecule has 9 heteroatoms. The SMILES string of the molecule is Cc1cccc(C)c1NC(=O)CN1CCN(Cn2ncc(Cl)c(Cl)c2=O)CC1. The molecule has 0 radical (unpaired) electrons. The fourth-order valence-corrected chi connectivity index (χ4v) is 3.49. The van der Waals surface area contributed by atoms with Gasteiger partial charge in [-0.15, -0.1) is 0 Å². The van der Waals surface area contributed by atoms with Gasteiger partial charge in [0.05, 0.1) is 24.4 Å². The first-order valence-electron chi connectivity index (χ1n) is 9.07. The maximum atomic E-state index is 12.4. The third-order valence-electron chi connectivity index (χ3n) is 4.85. The van der Waals surface area contributed by atoms with E-state index < -0.39 is 5.56 Å². The number of halogens is 2. The Balaban J connectivity index is 1.51. The average Bonchev–Trinajstić information content (AvgIpc) is 2.67. The number of nitrogens with zero attached hydrogens (tertiary/aromatic N) is 4. The molecule has 0 unspecified atom stereocenters. The van der Waals surface area contributed by atoms with Gasteiger partial charge in [-0.3, -0.25) is 19.4 Å². The van der Waals surface area contributed by atoms with Crippen molar-refractivity contribution < 1.29 is 4.79 Å². The number of benzene rings is 1. The molecule has 0 spiro atoms. The largest absolute Gasteiger partial charge is 0.324 e. The molecule has 2 aromatic rings. The van der Waals surface area contributed by atoms with Crippen LogP contribution >= 0.6 is 23.2 Å². The van der Waals surface area contributed by atoms with E-state index in [1.165, 1.54) is 10.9 Å². The molecule has 1 amide bonds. The molecule has 0 atom stereocenters. The van der Waals surface area contributed by atoms with E-state index in [0.717, 1.165) is 43.0 Å². The third-order valence-corrected chi connectivity index (χ3v) is 5.60. The van der Waals surface area contributed by atoms with Gasteiger partial charge in [0.1, 0.15) is 5.02 Å². The number of para-hydroxylation sites is 1. The van der Waals surface area contributed by atoms with Crippen molar-refractivity contribution in [2.45, 2.75) is 20.5 Å². The standard InChI is InChI=1S/C19H23Cl2N5O2/c1-13-4-3-5-14(2)18(13)23-16(27)11-24-6-8-25(9-7-24)12-26-19(28)17(21)15(20)10-22-26/h3-5,10H,6-9,11-12H2,1-2H3,(H,23,27). The minimum absolute atomic E-state index is 0.0153. The Labute approximate surface area is 173 Å². The number of aromatic nitrogens is 2. The van der Waals surface area contributed by atoms with Crippen molar-refractivity contribution >= 4 is 34.8 Å². The number of carbonyl (C=O) groups is 1. The summed E-state index contributed by atoms with van der Waals surface area (Å²) in [5, 5.41) is 7.19. The Bertz CT molecular complexity index is 903. The van der Waals surface area contributed by atoms with Crippen molar-refractivity contribution in [2.24, 2.45) is 0 Å². The highest BCUT2D eigenvalue weighted by atomic mass is 35.5. The molecule has 1 aliphatic rings. The van der Waals surface area contributed by atoms with E-state index in [9.17, 15) is 9.59 Å². The van der Waals surface area contributed by atoms with Gasteiger partial charge in [-0.05, 0) is 25.0 Å². The second-order valence-corrected chi connectivity index (χ2v) is 7.75. The smallest absolute Gasteiger partial charge is 0.288 e. The maximum absolute atomic E-state index is 12.4. The molecule has 28 heavy (non-hydrogen) atoms. The predicted octanol–water partition coefficient (Wildman–Crippen LogP) is 2.38. The molecule has 1 fully saturated rings. The molecule has 7 nitrogen and oxygen atoms in total. The van der Waals surface area contributed by atoms with Crippen LogP contribution in [0.3, 0.4) is 0 Å². The van der Waals surface area contributed by atoms with Crippen LogP contribution in [0.1, 0.15) is 11.1 Å². The van der Waals surface area contributed by atoms with Crippen LogP contribution in [-0.4, -0.2) is 58.2 Å². The molecule has 0 aliphatic carbocycles. The van der Waals surface area contributed by atoms with Crippen LogP contribution in [0.15, 0.2) is 29.2 Å². The van der Waals surface area contributed by atoms with Crippen molar-refractivity contribution in [3.05, 3.63) is 55.9 Å². The molecule has 1 N–H and O–H groups in total. The van der Waals surface area contributed by atoms with Crippen LogP contribution in [0.5, 0.6) is 0 Å². The van der Waals surface area contributed by atoms with Crippen LogP contribution < -0.4 is 10.9 Å². The Morgan fingerprint density at radius 2 is 1.71 bits per heavy atom. The normalized spacial score (nSPS) is 15.6. The topological polar surface area (TPSA) is 70.5 Å².